The summed E-state index contributed by atoms with van der Waals surface area (Å²) in [5.41, 5.74) is 7.51. The molecule has 1 aliphatic carbocycles. The van der Waals surface area contributed by atoms with Crippen molar-refractivity contribution in [3.8, 4) is 11.1 Å². The van der Waals surface area contributed by atoms with Crippen LogP contribution in [0.3, 0.4) is 0 Å². The van der Waals surface area contributed by atoms with E-state index in [1.54, 1.807) is 11.1 Å². The molecule has 1 aliphatic rings. The van der Waals surface area contributed by atoms with E-state index in [1.807, 2.05) is 0 Å². The van der Waals surface area contributed by atoms with Crippen molar-refractivity contribution < 1.29 is 16.9 Å². The molecule has 0 fully saturated rings. The van der Waals surface area contributed by atoms with Gasteiger partial charge in [0.2, 0.25) is 0 Å². The zero-order valence-corrected chi connectivity index (χ0v) is 18.8. The zero-order chi connectivity index (χ0) is 18.2. The summed E-state index contributed by atoms with van der Waals surface area (Å²) in [6.07, 6.45) is 2.14. The molecular weight excluding hydrogens is 354 g/mol. The first-order chi connectivity index (χ1) is 11.8. The van der Waals surface area contributed by atoms with Gasteiger partial charge in [0.1, 0.15) is 0 Å². The Kier molecular flexibility index (Phi) is 5.55. The molecule has 0 bridgehead atoms. The van der Waals surface area contributed by atoms with Crippen LogP contribution < -0.4 is 3.80 Å². The van der Waals surface area contributed by atoms with Crippen LogP contribution in [0.25, 0.3) is 17.2 Å². The van der Waals surface area contributed by atoms with Gasteiger partial charge in [-0.15, -0.1) is 0 Å². The van der Waals surface area contributed by atoms with Crippen LogP contribution in [0.4, 0.5) is 0 Å². The molecule has 2 aromatic carbocycles. The number of benzene rings is 2. The van der Waals surface area contributed by atoms with E-state index < -0.39 is 16.9 Å². The fourth-order valence-electron chi connectivity index (χ4n) is 3.69. The minimum absolute atomic E-state index is 0.206. The Morgan fingerprint density at radius 1 is 0.960 bits per heavy atom. The number of hydrogen-bond acceptors (Lipinski definition) is 1. The second-order valence-corrected chi connectivity index (χ2v) is 19.8. The van der Waals surface area contributed by atoms with Gasteiger partial charge in [-0.25, -0.2) is 0 Å². The van der Waals surface area contributed by atoms with Gasteiger partial charge in [0, 0.05) is 0 Å². The molecule has 2 aromatic rings. The van der Waals surface area contributed by atoms with Gasteiger partial charge < -0.3 is 0 Å². The van der Waals surface area contributed by atoms with E-state index in [0.29, 0.717) is 4.22 Å². The third kappa shape index (κ3) is 4.09. The summed E-state index contributed by atoms with van der Waals surface area (Å²) < 4.78 is 4.75. The Morgan fingerprint density at radius 3 is 2.24 bits per heavy atom. The van der Waals surface area contributed by atoms with Crippen molar-refractivity contribution in [2.75, 3.05) is 0 Å². The summed E-state index contributed by atoms with van der Waals surface area (Å²) in [6.45, 7) is 14.3. The van der Waals surface area contributed by atoms with Crippen molar-refractivity contribution in [1.82, 2.24) is 3.80 Å². The molecule has 0 saturated heterocycles. The molecule has 1 N–H and O–H groups in total. The molecule has 1 nitrogen and oxygen atoms in total. The number of rotatable bonds is 3. The third-order valence-electron chi connectivity index (χ3n) is 4.70. The van der Waals surface area contributed by atoms with E-state index in [-0.39, 0.29) is 11.7 Å². The van der Waals surface area contributed by atoms with Crippen molar-refractivity contribution in [3.05, 3.63) is 65.2 Å². The van der Waals surface area contributed by atoms with Crippen LogP contribution in [0.2, 0.25) is 13.1 Å². The maximum absolute atomic E-state index is 4.10. The van der Waals surface area contributed by atoms with Crippen molar-refractivity contribution in [2.24, 2.45) is 0 Å². The van der Waals surface area contributed by atoms with Gasteiger partial charge in [0.05, 0.1) is 0 Å². The molecule has 130 valence electrons. The van der Waals surface area contributed by atoms with Gasteiger partial charge in [0.15, 0.2) is 0 Å². The van der Waals surface area contributed by atoms with Gasteiger partial charge in [-0.1, -0.05) is 0 Å². The Labute approximate surface area is 159 Å². The molecule has 1 unspecified atom stereocenters. The van der Waals surface area contributed by atoms with E-state index in [1.165, 1.54) is 16.7 Å². The Bertz CT molecular complexity index is 840. The summed E-state index contributed by atoms with van der Waals surface area (Å²) in [7, 11) is 0. The standard InChI is InChI=1S/C16H13.C4H10N.C2H6Si.Ti/c1-12-10-14-8-5-9-15(16(14)11-12)13-6-3-2-4-7-13;1-4(2,3)5;1-3-2;/h2-11H,1H3;5H,1-3H3;1-2H3;/q;-1;;+1. The second-order valence-electron chi connectivity index (χ2n) is 8.28. The molecule has 0 amide bonds. The topological polar surface area (TPSA) is 12.0 Å². The molecule has 0 radical (unpaired) electrons. The number of hydrogen-bond donors (Lipinski definition) is 1. The van der Waals surface area contributed by atoms with Crippen molar-refractivity contribution in [3.63, 3.8) is 0 Å². The van der Waals surface area contributed by atoms with Crippen molar-refractivity contribution in [2.45, 2.75) is 50.6 Å². The molecule has 25 heavy (non-hydrogen) atoms. The normalized spacial score (nSPS) is 16.4. The number of allylic oxidation sites excluding steroid dienone is 1. The molecule has 0 heterocycles. The van der Waals surface area contributed by atoms with E-state index in [2.05, 4.69) is 99.2 Å². The molecular formula is C22H29NSiTi. The number of fused-ring (bicyclic) bond motifs is 1. The van der Waals surface area contributed by atoms with Gasteiger partial charge in [0.25, 0.3) is 0 Å². The molecule has 1 atom stereocenters. The zero-order valence-electron chi connectivity index (χ0n) is 16.3. The summed E-state index contributed by atoms with van der Waals surface area (Å²) >= 11 is -1.44. The van der Waals surface area contributed by atoms with E-state index >= 15 is 0 Å². The molecule has 0 aromatic heterocycles. The summed E-state index contributed by atoms with van der Waals surface area (Å²) in [6, 6.07) is 17.7. The fourth-order valence-corrected chi connectivity index (χ4v) is 14.7. The minimum atomic E-state index is -1.44. The first kappa shape index (κ1) is 18.9. The van der Waals surface area contributed by atoms with Crippen LogP contribution in [-0.2, 0) is 16.9 Å². The molecule has 0 saturated carbocycles. The summed E-state index contributed by atoms with van der Waals surface area (Å²) in [5, 5.41) is 0. The molecule has 3 heteroatoms. The average Bonchev–Trinajstić information content (AvgIpc) is 2.88. The quantitative estimate of drug-likeness (QED) is 0.643. The van der Waals surface area contributed by atoms with Crippen molar-refractivity contribution in [1.29, 1.82) is 0 Å². The first-order valence-corrected chi connectivity index (χ1v) is 15.6. The van der Waals surface area contributed by atoms with Crippen molar-refractivity contribution >= 4 is 12.3 Å². The van der Waals surface area contributed by atoms with Gasteiger partial charge >= 0.3 is 160 Å². The van der Waals surface area contributed by atoms with Crippen LogP contribution in [0.1, 0.15) is 43.0 Å². The van der Waals surface area contributed by atoms with Crippen LogP contribution in [0, 0.1) is 0 Å². The van der Waals surface area contributed by atoms with Gasteiger partial charge in [-0.05, 0) is 0 Å². The first-order valence-electron chi connectivity index (χ1n) is 9.10. The molecule has 3 rings (SSSR count). The number of nitrogens with one attached hydrogen (secondary N) is 1. The van der Waals surface area contributed by atoms with Gasteiger partial charge in [-0.2, -0.15) is 0 Å². The monoisotopic (exact) mass is 383 g/mol. The Balaban J connectivity index is 2.12. The SMILES string of the molecule is CC1=Cc2c(-c3ccccc3)cccc2[CH]1[Ti]([NH]C(C)(C)C)=[Si](C)C. The molecule has 0 aliphatic heterocycles. The predicted octanol–water partition coefficient (Wildman–Crippen LogP) is 5.98. The predicted molar refractivity (Wildman–Crippen MR) is 109 cm³/mol. The third-order valence-corrected chi connectivity index (χ3v) is 16.2. The van der Waals surface area contributed by atoms with Crippen LogP contribution in [0.5, 0.6) is 0 Å². The van der Waals surface area contributed by atoms with E-state index in [9.17, 15) is 0 Å². The average molecular weight is 383 g/mol. The maximum atomic E-state index is 4.10. The summed E-state index contributed by atoms with van der Waals surface area (Å²) in [5.74, 6) is 0. The Hall–Kier alpha value is -0.929. The van der Waals surface area contributed by atoms with Gasteiger partial charge in [-0.3, -0.25) is 0 Å². The van der Waals surface area contributed by atoms with Crippen LogP contribution in [-0.4, -0.2) is 11.7 Å². The molecule has 0 spiro atoms. The summed E-state index contributed by atoms with van der Waals surface area (Å²) in [4.78, 5) is 0. The Morgan fingerprint density at radius 2 is 1.64 bits per heavy atom. The van der Waals surface area contributed by atoms with Crippen LogP contribution in [0.15, 0.2) is 54.1 Å². The van der Waals surface area contributed by atoms with E-state index in [4.69, 9.17) is 0 Å². The van der Waals surface area contributed by atoms with Crippen LogP contribution >= 0.6 is 0 Å². The fraction of sp³-hybridized carbons (Fsp3) is 0.364. The second kappa shape index (κ2) is 7.36. The van der Waals surface area contributed by atoms with E-state index in [0.717, 1.165) is 0 Å².